The van der Waals surface area contributed by atoms with Gasteiger partial charge in [-0.25, -0.2) is 0 Å². The van der Waals surface area contributed by atoms with Gasteiger partial charge in [0.15, 0.2) is 0 Å². The molecule has 1 atom stereocenters. The van der Waals surface area contributed by atoms with Crippen LogP contribution < -0.4 is 10.5 Å². The number of para-hydroxylation sites is 1. The number of ether oxygens (including phenoxy) is 1. The van der Waals surface area contributed by atoms with E-state index in [1.807, 2.05) is 36.2 Å². The van der Waals surface area contributed by atoms with Crippen LogP contribution in [0.2, 0.25) is 0 Å². The van der Waals surface area contributed by atoms with Crippen LogP contribution in [-0.2, 0) is 11.2 Å². The number of rotatable bonds is 6. The smallest absolute Gasteiger partial charge is 0.227 e. The normalized spacial score (nSPS) is 15.9. The highest BCUT2D eigenvalue weighted by molar-refractivity contribution is 5.79. The third-order valence-corrected chi connectivity index (χ3v) is 3.83. The lowest BCUT2D eigenvalue weighted by molar-refractivity contribution is -0.131. The number of hydrogen-bond acceptors (Lipinski definition) is 3. The third kappa shape index (κ3) is 3.26. The Kier molecular flexibility index (Phi) is 4.43. The monoisotopic (exact) mass is 262 g/mol. The first-order chi connectivity index (χ1) is 9.17. The van der Waals surface area contributed by atoms with Crippen molar-refractivity contribution in [3.05, 3.63) is 29.8 Å². The van der Waals surface area contributed by atoms with Crippen LogP contribution in [0.5, 0.6) is 5.75 Å². The summed E-state index contributed by atoms with van der Waals surface area (Å²) in [6.07, 6.45) is 2.74. The van der Waals surface area contributed by atoms with Gasteiger partial charge in [-0.15, -0.1) is 0 Å². The van der Waals surface area contributed by atoms with Gasteiger partial charge >= 0.3 is 0 Å². The second-order valence-electron chi connectivity index (χ2n) is 5.13. The Balaban J connectivity index is 2.03. The van der Waals surface area contributed by atoms with Gasteiger partial charge in [-0.3, -0.25) is 4.79 Å². The molecule has 1 saturated carbocycles. The summed E-state index contributed by atoms with van der Waals surface area (Å²) in [5.41, 5.74) is 6.71. The van der Waals surface area contributed by atoms with E-state index in [-0.39, 0.29) is 11.9 Å². The number of carbonyl (C=O) groups is 1. The van der Waals surface area contributed by atoms with Crippen molar-refractivity contribution in [2.24, 2.45) is 11.7 Å². The highest BCUT2D eigenvalue weighted by Crippen LogP contribution is 2.34. The van der Waals surface area contributed by atoms with Gasteiger partial charge in [0.05, 0.1) is 13.5 Å². The van der Waals surface area contributed by atoms with Gasteiger partial charge in [-0.1, -0.05) is 18.2 Å². The third-order valence-electron chi connectivity index (χ3n) is 3.83. The molecular weight excluding hydrogens is 240 g/mol. The molecule has 0 spiro atoms. The molecule has 0 radical (unpaired) electrons. The Morgan fingerprint density at radius 3 is 2.74 bits per heavy atom. The van der Waals surface area contributed by atoms with Crippen LogP contribution in [-0.4, -0.2) is 37.6 Å². The van der Waals surface area contributed by atoms with Gasteiger partial charge < -0.3 is 15.4 Å². The SMILES string of the molecule is COc1ccccc1CC(=O)N(C)C(CN)C1CC1. The Bertz CT molecular complexity index is 444. The number of nitrogens with two attached hydrogens (primary N) is 1. The molecule has 0 bridgehead atoms. The maximum atomic E-state index is 12.3. The summed E-state index contributed by atoms with van der Waals surface area (Å²) in [5, 5.41) is 0. The van der Waals surface area contributed by atoms with E-state index in [1.165, 1.54) is 12.8 Å². The van der Waals surface area contributed by atoms with Gasteiger partial charge in [0.25, 0.3) is 0 Å². The number of amides is 1. The molecule has 2 N–H and O–H groups in total. The van der Waals surface area contributed by atoms with Crippen molar-refractivity contribution in [1.29, 1.82) is 0 Å². The van der Waals surface area contributed by atoms with E-state index < -0.39 is 0 Å². The van der Waals surface area contributed by atoms with Crippen molar-refractivity contribution in [3.63, 3.8) is 0 Å². The van der Waals surface area contributed by atoms with E-state index in [1.54, 1.807) is 7.11 Å². The van der Waals surface area contributed by atoms with Crippen molar-refractivity contribution >= 4 is 5.91 Å². The standard InChI is InChI=1S/C15H22N2O2/c1-17(13(10-16)11-7-8-11)15(18)9-12-5-3-4-6-14(12)19-2/h3-6,11,13H,7-10,16H2,1-2H3. The van der Waals surface area contributed by atoms with Crippen LogP contribution in [0, 0.1) is 5.92 Å². The Labute approximate surface area is 114 Å². The number of likely N-dealkylation sites (N-methyl/N-ethyl adjacent to an activating group) is 1. The molecule has 1 aromatic rings. The average molecular weight is 262 g/mol. The molecule has 104 valence electrons. The molecule has 1 aliphatic carbocycles. The highest BCUT2D eigenvalue weighted by atomic mass is 16.5. The number of hydrogen-bond donors (Lipinski definition) is 1. The molecule has 4 nitrogen and oxygen atoms in total. The van der Waals surface area contributed by atoms with E-state index in [2.05, 4.69) is 0 Å². The zero-order chi connectivity index (χ0) is 13.8. The predicted octanol–water partition coefficient (Wildman–Crippen LogP) is 1.43. The lowest BCUT2D eigenvalue weighted by Crippen LogP contribution is -2.44. The summed E-state index contributed by atoms with van der Waals surface area (Å²) in [4.78, 5) is 14.1. The van der Waals surface area contributed by atoms with Crippen LogP contribution in [0.1, 0.15) is 18.4 Å². The largest absolute Gasteiger partial charge is 0.496 e. The van der Waals surface area contributed by atoms with E-state index in [9.17, 15) is 4.79 Å². The summed E-state index contributed by atoms with van der Waals surface area (Å²) in [5.74, 6) is 1.46. The molecule has 1 aromatic carbocycles. The van der Waals surface area contributed by atoms with Gasteiger partial charge in [0.1, 0.15) is 5.75 Å². The molecule has 0 heterocycles. The van der Waals surface area contributed by atoms with E-state index in [0.717, 1.165) is 11.3 Å². The minimum atomic E-state index is 0.104. The topological polar surface area (TPSA) is 55.6 Å². The molecule has 0 aliphatic heterocycles. The fraction of sp³-hybridized carbons (Fsp3) is 0.533. The molecule has 1 amide bonds. The summed E-state index contributed by atoms with van der Waals surface area (Å²) in [6.45, 7) is 0.541. The maximum absolute atomic E-state index is 12.3. The van der Waals surface area contributed by atoms with Crippen LogP contribution in [0.25, 0.3) is 0 Å². The van der Waals surface area contributed by atoms with Crippen LogP contribution in [0.15, 0.2) is 24.3 Å². The van der Waals surface area contributed by atoms with Crippen LogP contribution in [0.4, 0.5) is 0 Å². The van der Waals surface area contributed by atoms with Crippen LogP contribution in [0.3, 0.4) is 0 Å². The number of benzene rings is 1. The molecule has 1 aliphatic rings. The van der Waals surface area contributed by atoms with Crippen molar-refractivity contribution in [1.82, 2.24) is 4.90 Å². The molecule has 0 aromatic heterocycles. The van der Waals surface area contributed by atoms with Gasteiger partial charge in [0.2, 0.25) is 5.91 Å². The molecule has 19 heavy (non-hydrogen) atoms. The zero-order valence-corrected chi connectivity index (χ0v) is 11.6. The molecule has 4 heteroatoms. The molecule has 1 fully saturated rings. The van der Waals surface area contributed by atoms with Gasteiger partial charge in [-0.05, 0) is 24.8 Å². The summed E-state index contributed by atoms with van der Waals surface area (Å²) in [7, 11) is 3.48. The molecule has 1 unspecified atom stereocenters. The van der Waals surface area contributed by atoms with E-state index >= 15 is 0 Å². The van der Waals surface area contributed by atoms with Crippen molar-refractivity contribution in [3.8, 4) is 5.75 Å². The fourth-order valence-electron chi connectivity index (χ4n) is 2.47. The zero-order valence-electron chi connectivity index (χ0n) is 11.6. The summed E-state index contributed by atoms with van der Waals surface area (Å²) < 4.78 is 5.28. The van der Waals surface area contributed by atoms with E-state index in [0.29, 0.717) is 18.9 Å². The van der Waals surface area contributed by atoms with Crippen molar-refractivity contribution < 1.29 is 9.53 Å². The van der Waals surface area contributed by atoms with E-state index in [4.69, 9.17) is 10.5 Å². The minimum Gasteiger partial charge on any atom is -0.496 e. The molecule has 0 saturated heterocycles. The maximum Gasteiger partial charge on any atom is 0.227 e. The summed E-state index contributed by atoms with van der Waals surface area (Å²) >= 11 is 0. The summed E-state index contributed by atoms with van der Waals surface area (Å²) in [6, 6.07) is 7.82. The first-order valence-corrected chi connectivity index (χ1v) is 6.75. The highest BCUT2D eigenvalue weighted by Gasteiger charge is 2.34. The lowest BCUT2D eigenvalue weighted by atomic mass is 10.1. The minimum absolute atomic E-state index is 0.104. The van der Waals surface area contributed by atoms with Gasteiger partial charge in [0, 0.05) is 25.2 Å². The fourth-order valence-corrected chi connectivity index (χ4v) is 2.47. The number of methoxy groups -OCH3 is 1. The van der Waals surface area contributed by atoms with Gasteiger partial charge in [-0.2, -0.15) is 0 Å². The predicted molar refractivity (Wildman–Crippen MR) is 75.0 cm³/mol. The molecular formula is C15H22N2O2. The lowest BCUT2D eigenvalue weighted by Gasteiger charge is -2.27. The average Bonchev–Trinajstić information content (AvgIpc) is 3.24. The Morgan fingerprint density at radius 1 is 1.47 bits per heavy atom. The number of nitrogens with zero attached hydrogens (tertiary/aromatic N) is 1. The van der Waals surface area contributed by atoms with Crippen molar-refractivity contribution in [2.75, 3.05) is 20.7 Å². The first kappa shape index (κ1) is 13.9. The number of carbonyl (C=O) groups excluding carboxylic acids is 1. The van der Waals surface area contributed by atoms with Crippen molar-refractivity contribution in [2.45, 2.75) is 25.3 Å². The molecule has 2 rings (SSSR count). The second-order valence-corrected chi connectivity index (χ2v) is 5.13. The Morgan fingerprint density at radius 2 is 2.16 bits per heavy atom. The second kappa shape index (κ2) is 6.06. The Hall–Kier alpha value is -1.55. The van der Waals surface area contributed by atoms with Crippen LogP contribution >= 0.6 is 0 Å². The quantitative estimate of drug-likeness (QED) is 0.844. The first-order valence-electron chi connectivity index (χ1n) is 6.75.